The lowest BCUT2D eigenvalue weighted by Crippen LogP contribution is -2.26. The topological polar surface area (TPSA) is 76.5 Å². The van der Waals surface area contributed by atoms with E-state index in [4.69, 9.17) is 0 Å². The number of halogens is 2. The molecule has 0 saturated carbocycles. The Kier molecular flexibility index (Phi) is 6.64. The van der Waals surface area contributed by atoms with Crippen LogP contribution < -0.4 is 10.1 Å². The van der Waals surface area contributed by atoms with E-state index in [2.05, 4.69) is 15.2 Å². The number of amides is 2. The maximum absolute atomic E-state index is 12.3. The average Bonchev–Trinajstić information content (AvgIpc) is 3.02. The van der Waals surface area contributed by atoms with E-state index in [0.29, 0.717) is 17.8 Å². The minimum atomic E-state index is -2.89. The molecule has 2 rings (SSSR count). The second-order valence-corrected chi connectivity index (χ2v) is 5.69. The summed E-state index contributed by atoms with van der Waals surface area (Å²) in [6.45, 7) is -0.569. The quantitative estimate of drug-likeness (QED) is 0.752. The van der Waals surface area contributed by atoms with Gasteiger partial charge in [0.25, 0.3) is 5.91 Å². The monoisotopic (exact) mass is 378 g/mol. The van der Waals surface area contributed by atoms with Crippen molar-refractivity contribution in [1.29, 1.82) is 0 Å². The first-order valence-electron chi connectivity index (χ1n) is 8.13. The summed E-state index contributed by atoms with van der Waals surface area (Å²) >= 11 is 0. The van der Waals surface area contributed by atoms with Crippen molar-refractivity contribution in [2.45, 2.75) is 20.1 Å². The molecule has 1 aromatic carbocycles. The fourth-order valence-corrected chi connectivity index (χ4v) is 2.26. The maximum Gasteiger partial charge on any atom is 0.387 e. The van der Waals surface area contributed by atoms with Gasteiger partial charge in [0.15, 0.2) is 0 Å². The van der Waals surface area contributed by atoms with Crippen LogP contribution in [0.3, 0.4) is 0 Å². The van der Waals surface area contributed by atoms with Crippen LogP contribution in [0.5, 0.6) is 5.75 Å². The van der Waals surface area contributed by atoms with Gasteiger partial charge in [-0.15, -0.1) is 0 Å². The molecule has 2 amide bonds. The second-order valence-electron chi connectivity index (χ2n) is 5.69. The molecule has 0 bridgehead atoms. The number of aromatic nitrogens is 2. The van der Waals surface area contributed by atoms with E-state index in [9.17, 15) is 18.4 Å². The van der Waals surface area contributed by atoms with E-state index in [1.54, 1.807) is 14.1 Å². The summed E-state index contributed by atoms with van der Waals surface area (Å²) in [5.74, 6) is -0.694. The first-order valence-corrected chi connectivity index (χ1v) is 8.13. The van der Waals surface area contributed by atoms with Crippen molar-refractivity contribution < 1.29 is 23.1 Å². The standard InChI is InChI=1S/C18H20F2N4O3/c1-4-24-16(17(26)23(2)3)14(11-21-24)22-15(25)10-7-12-5-8-13(9-6-12)27-18(19)20/h5-11,18H,4H2,1-3H3,(H,22,25)/b10-7-. The first kappa shape index (κ1) is 20.1. The number of benzene rings is 1. The molecule has 0 atom stereocenters. The van der Waals surface area contributed by atoms with Crippen molar-refractivity contribution in [3.8, 4) is 5.75 Å². The Balaban J connectivity index is 2.08. The van der Waals surface area contributed by atoms with Gasteiger partial charge >= 0.3 is 6.61 Å². The molecule has 144 valence electrons. The SMILES string of the molecule is CCn1ncc(NC(=O)/C=C\c2ccc(OC(F)F)cc2)c1C(=O)N(C)C. The molecule has 27 heavy (non-hydrogen) atoms. The summed E-state index contributed by atoms with van der Waals surface area (Å²) in [5.41, 5.74) is 1.23. The van der Waals surface area contributed by atoms with Crippen molar-refractivity contribution >= 4 is 23.6 Å². The molecule has 1 aromatic heterocycles. The number of ether oxygens (including phenoxy) is 1. The highest BCUT2D eigenvalue weighted by Gasteiger charge is 2.20. The van der Waals surface area contributed by atoms with Crippen LogP contribution in [-0.2, 0) is 11.3 Å². The molecule has 0 aliphatic heterocycles. The Bertz CT molecular complexity index is 830. The predicted octanol–water partition coefficient (Wildman–Crippen LogP) is 2.86. The minimum Gasteiger partial charge on any atom is -0.435 e. The molecule has 9 heteroatoms. The molecule has 0 aliphatic rings. The Labute approximate surface area is 155 Å². The largest absolute Gasteiger partial charge is 0.435 e. The third-order valence-corrected chi connectivity index (χ3v) is 3.54. The summed E-state index contributed by atoms with van der Waals surface area (Å²) in [6, 6.07) is 5.83. The number of aryl methyl sites for hydroxylation is 1. The number of nitrogens with zero attached hydrogens (tertiary/aromatic N) is 3. The van der Waals surface area contributed by atoms with E-state index in [1.165, 1.54) is 52.2 Å². The summed E-state index contributed by atoms with van der Waals surface area (Å²) < 4.78 is 30.0. The minimum absolute atomic E-state index is 0.0328. The Morgan fingerprint density at radius 2 is 1.96 bits per heavy atom. The van der Waals surface area contributed by atoms with E-state index in [0.717, 1.165) is 0 Å². The lowest BCUT2D eigenvalue weighted by atomic mass is 10.2. The number of alkyl halides is 2. The normalized spacial score (nSPS) is 11.0. The molecule has 7 nitrogen and oxygen atoms in total. The average molecular weight is 378 g/mol. The van der Waals surface area contributed by atoms with Gasteiger partial charge in [-0.05, 0) is 30.7 Å². The Morgan fingerprint density at radius 1 is 1.30 bits per heavy atom. The molecule has 2 aromatic rings. The van der Waals surface area contributed by atoms with Crippen LogP contribution in [0.4, 0.5) is 14.5 Å². The van der Waals surface area contributed by atoms with Gasteiger partial charge in [0, 0.05) is 26.7 Å². The van der Waals surface area contributed by atoms with Gasteiger partial charge in [-0.3, -0.25) is 14.3 Å². The summed E-state index contributed by atoms with van der Waals surface area (Å²) in [4.78, 5) is 25.9. The molecule has 0 saturated heterocycles. The highest BCUT2D eigenvalue weighted by atomic mass is 19.3. The maximum atomic E-state index is 12.3. The number of carbonyl (C=O) groups is 2. The predicted molar refractivity (Wildman–Crippen MR) is 96.7 cm³/mol. The summed E-state index contributed by atoms with van der Waals surface area (Å²) in [7, 11) is 3.23. The molecular weight excluding hydrogens is 358 g/mol. The Morgan fingerprint density at radius 3 is 2.52 bits per heavy atom. The number of hydrogen-bond donors (Lipinski definition) is 1. The molecule has 0 aliphatic carbocycles. The third-order valence-electron chi connectivity index (χ3n) is 3.54. The van der Waals surface area contributed by atoms with Crippen LogP contribution in [0.15, 0.2) is 36.5 Å². The van der Waals surface area contributed by atoms with Crippen molar-refractivity contribution in [1.82, 2.24) is 14.7 Å². The van der Waals surface area contributed by atoms with Crippen LogP contribution in [0.1, 0.15) is 23.0 Å². The van der Waals surface area contributed by atoms with Crippen LogP contribution in [0.25, 0.3) is 6.08 Å². The lowest BCUT2D eigenvalue weighted by Gasteiger charge is -2.13. The molecule has 0 unspecified atom stereocenters. The zero-order valence-electron chi connectivity index (χ0n) is 15.1. The van der Waals surface area contributed by atoms with Gasteiger partial charge in [0.1, 0.15) is 11.4 Å². The number of hydrogen-bond acceptors (Lipinski definition) is 4. The van der Waals surface area contributed by atoms with Crippen molar-refractivity contribution in [2.24, 2.45) is 0 Å². The highest BCUT2D eigenvalue weighted by Crippen LogP contribution is 2.18. The van der Waals surface area contributed by atoms with Gasteiger partial charge in [0.2, 0.25) is 5.91 Å². The van der Waals surface area contributed by atoms with E-state index in [-0.39, 0.29) is 17.4 Å². The number of nitrogens with one attached hydrogen (secondary N) is 1. The molecule has 1 heterocycles. The number of rotatable bonds is 7. The van der Waals surface area contributed by atoms with E-state index in [1.807, 2.05) is 6.92 Å². The zero-order chi connectivity index (χ0) is 20.0. The molecular formula is C18H20F2N4O3. The highest BCUT2D eigenvalue weighted by molar-refractivity contribution is 6.06. The first-order chi connectivity index (χ1) is 12.8. The van der Waals surface area contributed by atoms with Gasteiger partial charge < -0.3 is 15.0 Å². The fourth-order valence-electron chi connectivity index (χ4n) is 2.26. The summed E-state index contributed by atoms with van der Waals surface area (Å²) in [5, 5.41) is 6.73. The lowest BCUT2D eigenvalue weighted by molar-refractivity contribution is -0.111. The van der Waals surface area contributed by atoms with E-state index >= 15 is 0 Å². The summed E-state index contributed by atoms with van der Waals surface area (Å²) in [6.07, 6.45) is 4.21. The number of carbonyl (C=O) groups excluding carboxylic acids is 2. The molecule has 0 spiro atoms. The third kappa shape index (κ3) is 5.37. The number of anilines is 1. The van der Waals surface area contributed by atoms with Crippen LogP contribution in [-0.4, -0.2) is 47.2 Å². The second kappa shape index (κ2) is 8.93. The Hall–Kier alpha value is -3.23. The van der Waals surface area contributed by atoms with Crippen LogP contribution in [0, 0.1) is 0 Å². The van der Waals surface area contributed by atoms with Gasteiger partial charge in [-0.2, -0.15) is 13.9 Å². The van der Waals surface area contributed by atoms with Gasteiger partial charge in [0.05, 0.1) is 11.9 Å². The van der Waals surface area contributed by atoms with Crippen LogP contribution in [0.2, 0.25) is 0 Å². The van der Waals surface area contributed by atoms with Crippen molar-refractivity contribution in [3.63, 3.8) is 0 Å². The van der Waals surface area contributed by atoms with Gasteiger partial charge in [-0.1, -0.05) is 12.1 Å². The zero-order valence-corrected chi connectivity index (χ0v) is 15.1. The van der Waals surface area contributed by atoms with Gasteiger partial charge in [-0.25, -0.2) is 0 Å². The molecule has 0 fully saturated rings. The fraction of sp³-hybridized carbons (Fsp3) is 0.278. The molecule has 0 radical (unpaired) electrons. The van der Waals surface area contributed by atoms with Crippen molar-refractivity contribution in [2.75, 3.05) is 19.4 Å². The molecule has 1 N–H and O–H groups in total. The van der Waals surface area contributed by atoms with Crippen LogP contribution >= 0.6 is 0 Å². The van der Waals surface area contributed by atoms with Crippen molar-refractivity contribution in [3.05, 3.63) is 47.8 Å². The van der Waals surface area contributed by atoms with E-state index < -0.39 is 12.5 Å². The smallest absolute Gasteiger partial charge is 0.387 e.